The number of hydrogen-bond acceptors (Lipinski definition) is 3. The first-order chi connectivity index (χ1) is 7.92. The molecule has 0 radical (unpaired) electrons. The third-order valence-corrected chi connectivity index (χ3v) is 4.46. The molecular weight excluding hydrogens is 234 g/mol. The molecule has 0 aliphatic carbocycles. The van der Waals surface area contributed by atoms with E-state index in [0.717, 1.165) is 10.4 Å². The fourth-order valence-corrected chi connectivity index (χ4v) is 3.33. The highest BCUT2D eigenvalue weighted by Crippen LogP contribution is 2.30. The Balaban J connectivity index is 2.23. The summed E-state index contributed by atoms with van der Waals surface area (Å²) >= 11 is 1.50. The number of piperidine rings is 1. The Bertz CT molecular complexity index is 425. The molecule has 1 aliphatic rings. The Hall–Kier alpha value is -0.870. The summed E-state index contributed by atoms with van der Waals surface area (Å²) in [7, 11) is 0. The molecule has 17 heavy (non-hydrogen) atoms. The first-order valence-corrected chi connectivity index (χ1v) is 6.84. The molecular formula is C13H19NO2S. The summed E-state index contributed by atoms with van der Waals surface area (Å²) in [5.74, 6) is 0.106. The number of rotatable bonds is 1. The van der Waals surface area contributed by atoms with Crippen LogP contribution in [0.1, 0.15) is 41.9 Å². The Kier molecular flexibility index (Phi) is 3.27. The number of nitrogens with zero attached hydrogens (tertiary/aromatic N) is 1. The summed E-state index contributed by atoms with van der Waals surface area (Å²) in [4.78, 5) is 15.2. The maximum atomic E-state index is 12.5. The quantitative estimate of drug-likeness (QED) is 0.835. The first kappa shape index (κ1) is 12.6. The highest BCUT2D eigenvalue weighted by Gasteiger charge is 2.37. The lowest BCUT2D eigenvalue weighted by molar-refractivity contribution is 0.00357. The van der Waals surface area contributed by atoms with Crippen LogP contribution in [0, 0.1) is 6.92 Å². The van der Waals surface area contributed by atoms with Gasteiger partial charge in [-0.15, -0.1) is 11.3 Å². The standard InChI is InChI=1S/C13H19NO2S/c1-9-5-7-17-11(9)12(16)14-6-4-10(15)8-13(14,2)3/h5,7,10,15H,4,6,8H2,1-3H3. The van der Waals surface area contributed by atoms with Crippen LogP contribution in [0.3, 0.4) is 0 Å². The molecule has 1 saturated heterocycles. The SMILES string of the molecule is Cc1ccsc1C(=O)N1CCC(O)CC1(C)C. The van der Waals surface area contributed by atoms with Crippen molar-refractivity contribution >= 4 is 17.2 Å². The fourth-order valence-electron chi connectivity index (χ4n) is 2.46. The van der Waals surface area contributed by atoms with Crippen molar-refractivity contribution in [3.05, 3.63) is 21.9 Å². The molecule has 1 fully saturated rings. The van der Waals surface area contributed by atoms with Crippen molar-refractivity contribution < 1.29 is 9.90 Å². The molecule has 1 N–H and O–H groups in total. The predicted octanol–water partition coefficient (Wildman–Crippen LogP) is 2.43. The van der Waals surface area contributed by atoms with Gasteiger partial charge in [-0.2, -0.15) is 0 Å². The maximum Gasteiger partial charge on any atom is 0.264 e. The molecule has 1 aromatic rings. The van der Waals surface area contributed by atoms with E-state index >= 15 is 0 Å². The zero-order valence-electron chi connectivity index (χ0n) is 10.6. The number of carbonyl (C=O) groups is 1. The molecule has 1 atom stereocenters. The van der Waals surface area contributed by atoms with Gasteiger partial charge in [-0.1, -0.05) is 0 Å². The van der Waals surface area contributed by atoms with E-state index in [1.165, 1.54) is 11.3 Å². The van der Waals surface area contributed by atoms with Crippen molar-refractivity contribution in [3.8, 4) is 0 Å². The van der Waals surface area contributed by atoms with Gasteiger partial charge < -0.3 is 10.0 Å². The molecule has 1 aromatic heterocycles. The van der Waals surface area contributed by atoms with Gasteiger partial charge in [0.05, 0.1) is 11.0 Å². The number of amides is 1. The topological polar surface area (TPSA) is 40.5 Å². The van der Waals surface area contributed by atoms with Crippen molar-refractivity contribution in [1.29, 1.82) is 0 Å². The highest BCUT2D eigenvalue weighted by molar-refractivity contribution is 7.12. The van der Waals surface area contributed by atoms with E-state index in [1.807, 2.05) is 37.1 Å². The number of aliphatic hydroxyl groups is 1. The molecule has 1 amide bonds. The molecule has 0 spiro atoms. The van der Waals surface area contributed by atoms with Crippen LogP contribution in [0.15, 0.2) is 11.4 Å². The minimum Gasteiger partial charge on any atom is -0.393 e. The van der Waals surface area contributed by atoms with Crippen molar-refractivity contribution in [2.45, 2.75) is 45.3 Å². The zero-order chi connectivity index (χ0) is 12.6. The lowest BCUT2D eigenvalue weighted by atomic mass is 9.88. The average molecular weight is 253 g/mol. The van der Waals surface area contributed by atoms with Gasteiger partial charge in [0.1, 0.15) is 0 Å². The predicted molar refractivity (Wildman–Crippen MR) is 69.4 cm³/mol. The summed E-state index contributed by atoms with van der Waals surface area (Å²) in [6, 6.07) is 1.98. The van der Waals surface area contributed by atoms with Gasteiger partial charge in [0.2, 0.25) is 0 Å². The van der Waals surface area contributed by atoms with Crippen molar-refractivity contribution in [1.82, 2.24) is 4.90 Å². The average Bonchev–Trinajstić information content (AvgIpc) is 2.62. The smallest absolute Gasteiger partial charge is 0.264 e. The number of aryl methyl sites for hydroxylation is 1. The molecule has 0 aromatic carbocycles. The number of hydrogen-bond donors (Lipinski definition) is 1. The summed E-state index contributed by atoms with van der Waals surface area (Å²) < 4.78 is 0. The molecule has 2 heterocycles. The van der Waals surface area contributed by atoms with Gasteiger partial charge in [-0.25, -0.2) is 0 Å². The van der Waals surface area contributed by atoms with Gasteiger partial charge in [-0.3, -0.25) is 4.79 Å². The van der Waals surface area contributed by atoms with E-state index in [2.05, 4.69) is 0 Å². The van der Waals surface area contributed by atoms with Gasteiger partial charge in [0, 0.05) is 12.1 Å². The van der Waals surface area contributed by atoms with Gasteiger partial charge in [0.25, 0.3) is 5.91 Å². The number of thiophene rings is 1. The summed E-state index contributed by atoms with van der Waals surface area (Å²) in [5.41, 5.74) is 0.785. The Morgan fingerprint density at radius 1 is 1.59 bits per heavy atom. The number of aliphatic hydroxyl groups excluding tert-OH is 1. The minimum absolute atomic E-state index is 0.106. The van der Waals surface area contributed by atoms with E-state index in [0.29, 0.717) is 19.4 Å². The van der Waals surface area contributed by atoms with Crippen molar-refractivity contribution in [2.75, 3.05) is 6.54 Å². The number of likely N-dealkylation sites (tertiary alicyclic amines) is 1. The van der Waals surface area contributed by atoms with E-state index < -0.39 is 0 Å². The number of carbonyl (C=O) groups excluding carboxylic acids is 1. The second-order valence-electron chi connectivity index (χ2n) is 5.35. The van der Waals surface area contributed by atoms with Crippen LogP contribution in [0.2, 0.25) is 0 Å². The summed E-state index contributed by atoms with van der Waals surface area (Å²) in [6.07, 6.45) is 1.06. The van der Waals surface area contributed by atoms with Gasteiger partial charge in [0.15, 0.2) is 0 Å². The lowest BCUT2D eigenvalue weighted by Gasteiger charge is -2.44. The molecule has 2 rings (SSSR count). The van der Waals surface area contributed by atoms with Crippen LogP contribution in [-0.2, 0) is 0 Å². The van der Waals surface area contributed by atoms with Gasteiger partial charge in [-0.05, 0) is 50.6 Å². The second-order valence-corrected chi connectivity index (χ2v) is 6.26. The van der Waals surface area contributed by atoms with Crippen LogP contribution < -0.4 is 0 Å². The second kappa shape index (κ2) is 4.42. The van der Waals surface area contributed by atoms with Crippen LogP contribution in [-0.4, -0.2) is 34.1 Å². The normalized spacial score (nSPS) is 23.8. The molecule has 4 heteroatoms. The maximum absolute atomic E-state index is 12.5. The summed E-state index contributed by atoms with van der Waals surface area (Å²) in [5, 5.41) is 11.6. The van der Waals surface area contributed by atoms with E-state index in [4.69, 9.17) is 0 Å². The molecule has 3 nitrogen and oxygen atoms in total. The van der Waals surface area contributed by atoms with Crippen LogP contribution in [0.4, 0.5) is 0 Å². The Labute approximate surface area is 106 Å². The van der Waals surface area contributed by atoms with E-state index in [-0.39, 0.29) is 17.6 Å². The third-order valence-electron chi connectivity index (χ3n) is 3.45. The van der Waals surface area contributed by atoms with E-state index in [1.54, 1.807) is 0 Å². The lowest BCUT2D eigenvalue weighted by Crippen LogP contribution is -2.54. The molecule has 0 bridgehead atoms. The molecule has 94 valence electrons. The Morgan fingerprint density at radius 3 is 2.82 bits per heavy atom. The zero-order valence-corrected chi connectivity index (χ0v) is 11.4. The molecule has 1 aliphatic heterocycles. The van der Waals surface area contributed by atoms with Crippen molar-refractivity contribution in [2.24, 2.45) is 0 Å². The van der Waals surface area contributed by atoms with Crippen molar-refractivity contribution in [3.63, 3.8) is 0 Å². The Morgan fingerprint density at radius 2 is 2.29 bits per heavy atom. The largest absolute Gasteiger partial charge is 0.393 e. The third kappa shape index (κ3) is 2.38. The van der Waals surface area contributed by atoms with Gasteiger partial charge >= 0.3 is 0 Å². The monoisotopic (exact) mass is 253 g/mol. The molecule has 1 unspecified atom stereocenters. The summed E-state index contributed by atoms with van der Waals surface area (Å²) in [6.45, 7) is 6.66. The van der Waals surface area contributed by atoms with Crippen LogP contribution in [0.25, 0.3) is 0 Å². The van der Waals surface area contributed by atoms with E-state index in [9.17, 15) is 9.90 Å². The van der Waals surface area contributed by atoms with Crippen LogP contribution in [0.5, 0.6) is 0 Å². The van der Waals surface area contributed by atoms with Crippen LogP contribution >= 0.6 is 11.3 Å². The minimum atomic E-state index is -0.279. The molecule has 0 saturated carbocycles. The highest BCUT2D eigenvalue weighted by atomic mass is 32.1. The first-order valence-electron chi connectivity index (χ1n) is 5.96. The fraction of sp³-hybridized carbons (Fsp3) is 0.615.